The molecule has 0 saturated carbocycles. The van der Waals surface area contributed by atoms with Crippen molar-refractivity contribution in [3.63, 3.8) is 0 Å². The summed E-state index contributed by atoms with van der Waals surface area (Å²) in [4.78, 5) is 0. The largest absolute Gasteiger partial charge is 0.508 e. The number of benzene rings is 2. The molecule has 2 aromatic carbocycles. The molecule has 0 fully saturated rings. The number of aromatic hydroxyl groups is 1. The van der Waals surface area contributed by atoms with Gasteiger partial charge >= 0.3 is 0 Å². The molecule has 0 saturated heterocycles. The van der Waals surface area contributed by atoms with Crippen LogP contribution in [0, 0.1) is 43.9 Å². The molecule has 0 bridgehead atoms. The lowest BCUT2D eigenvalue weighted by atomic mass is 9.96. The van der Waals surface area contributed by atoms with Crippen LogP contribution in [0.3, 0.4) is 0 Å². The smallest absolute Gasteiger partial charge is 0.119 e. The number of nitrogens with zero attached hydrogens (tertiary/aromatic N) is 1. The van der Waals surface area contributed by atoms with Gasteiger partial charge in [0.25, 0.3) is 0 Å². The van der Waals surface area contributed by atoms with E-state index in [4.69, 9.17) is 11.7 Å². The van der Waals surface area contributed by atoms with E-state index in [9.17, 15) is 5.11 Å². The molecular formula is C24H25NO. The second kappa shape index (κ2) is 12.0. The minimum absolute atomic E-state index is 0.385. The van der Waals surface area contributed by atoms with E-state index in [0.29, 0.717) is 5.75 Å². The molecule has 2 rings (SSSR count). The van der Waals surface area contributed by atoms with Crippen LogP contribution in [0.1, 0.15) is 36.1 Å². The molecule has 132 valence electrons. The maximum Gasteiger partial charge on any atom is 0.119 e. The summed E-state index contributed by atoms with van der Waals surface area (Å²) >= 11 is 0. The van der Waals surface area contributed by atoms with Crippen molar-refractivity contribution in [2.24, 2.45) is 0 Å². The first-order chi connectivity index (χ1) is 12.5. The summed E-state index contributed by atoms with van der Waals surface area (Å²) in [5, 5.41) is 16.5. The zero-order valence-corrected chi connectivity index (χ0v) is 15.7. The van der Waals surface area contributed by atoms with Gasteiger partial charge in [0, 0.05) is 12.1 Å². The highest BCUT2D eigenvalue weighted by atomic mass is 16.3. The third-order valence-electron chi connectivity index (χ3n) is 4.19. The van der Waals surface area contributed by atoms with Gasteiger partial charge in [-0.05, 0) is 67.5 Å². The van der Waals surface area contributed by atoms with Gasteiger partial charge in [0.05, 0.1) is 0 Å². The number of rotatable bonds is 4. The van der Waals surface area contributed by atoms with Gasteiger partial charge in [-0.2, -0.15) is 0 Å². The Morgan fingerprint density at radius 2 is 1.65 bits per heavy atom. The van der Waals surface area contributed by atoms with Crippen LogP contribution in [0.5, 0.6) is 5.75 Å². The van der Waals surface area contributed by atoms with Crippen molar-refractivity contribution in [2.45, 2.75) is 33.6 Å². The molecule has 0 atom stereocenters. The van der Waals surface area contributed by atoms with Gasteiger partial charge in [-0.1, -0.05) is 42.3 Å². The van der Waals surface area contributed by atoms with E-state index in [0.717, 1.165) is 35.1 Å². The molecule has 0 aliphatic heterocycles. The van der Waals surface area contributed by atoms with Crippen molar-refractivity contribution in [1.82, 2.24) is 0 Å². The Labute approximate surface area is 157 Å². The first kappa shape index (κ1) is 22.6. The Balaban J connectivity index is 0.00000146. The summed E-state index contributed by atoms with van der Waals surface area (Å²) in [6.45, 7) is 9.56. The molecule has 0 unspecified atom stereocenters. The average molecular weight is 343 g/mol. The highest BCUT2D eigenvalue weighted by Crippen LogP contribution is 2.24. The third kappa shape index (κ3) is 6.24. The van der Waals surface area contributed by atoms with E-state index in [2.05, 4.69) is 56.5 Å². The molecule has 0 aromatic heterocycles. The first-order valence-electron chi connectivity index (χ1n) is 8.13. The van der Waals surface area contributed by atoms with Gasteiger partial charge in [0.2, 0.25) is 0 Å². The molecule has 0 amide bonds. The van der Waals surface area contributed by atoms with Gasteiger partial charge in [-0.3, -0.25) is 0 Å². The van der Waals surface area contributed by atoms with Crippen molar-refractivity contribution < 1.29 is 5.11 Å². The molecule has 2 heteroatoms. The van der Waals surface area contributed by atoms with E-state index < -0.39 is 0 Å². The van der Waals surface area contributed by atoms with Crippen molar-refractivity contribution in [3.8, 4) is 37.5 Å². The van der Waals surface area contributed by atoms with E-state index in [1.807, 2.05) is 26.0 Å². The monoisotopic (exact) mass is 343 g/mol. The molecule has 0 aliphatic rings. The SMILES string of the molecule is C#C.C#C/C(C)=C(/C)c1cccc(CCc2c(C)cccc2O)c1.C#N. The molecule has 2 nitrogen and oxygen atoms in total. The van der Waals surface area contributed by atoms with Crippen LogP contribution >= 0.6 is 0 Å². The molecule has 0 radical (unpaired) electrons. The molecule has 0 heterocycles. The summed E-state index contributed by atoms with van der Waals surface area (Å²) in [7, 11) is 0. The standard InChI is InChI=1S/C21H22O.C2H2.CHN/c1-5-15(2)17(4)19-10-7-9-18(14-19)12-13-20-16(3)8-6-11-21(20)22;2*1-2/h1,6-11,14,22H,12-13H2,2-4H3;1-2H;1H/b17-15-;;. The summed E-state index contributed by atoms with van der Waals surface area (Å²) < 4.78 is 0. The van der Waals surface area contributed by atoms with Crippen molar-refractivity contribution in [3.05, 3.63) is 70.3 Å². The minimum Gasteiger partial charge on any atom is -0.508 e. The van der Waals surface area contributed by atoms with Crippen LogP contribution in [0.25, 0.3) is 5.57 Å². The number of hydrogen-bond donors (Lipinski definition) is 1. The number of nitriles is 1. The molecule has 0 aliphatic carbocycles. The fraction of sp³-hybridized carbons (Fsp3) is 0.208. The number of allylic oxidation sites excluding steroid dienone is 2. The summed E-state index contributed by atoms with van der Waals surface area (Å²) in [6, 6.07) is 14.1. The number of phenolic OH excluding ortho intramolecular Hbond substituents is 1. The van der Waals surface area contributed by atoms with Gasteiger partial charge in [0.15, 0.2) is 0 Å². The average Bonchev–Trinajstić information content (AvgIpc) is 2.69. The Bertz CT molecular complexity index is 806. The maximum absolute atomic E-state index is 9.99. The number of hydrogen-bond acceptors (Lipinski definition) is 2. The number of aryl methyl sites for hydroxylation is 2. The normalized spacial score (nSPS) is 10.1. The fourth-order valence-electron chi connectivity index (χ4n) is 2.57. The van der Waals surface area contributed by atoms with Crippen LogP contribution in [0.4, 0.5) is 0 Å². The van der Waals surface area contributed by atoms with Crippen LogP contribution < -0.4 is 0 Å². The van der Waals surface area contributed by atoms with E-state index in [1.54, 1.807) is 6.07 Å². The van der Waals surface area contributed by atoms with E-state index in [1.165, 1.54) is 11.1 Å². The lowest BCUT2D eigenvalue weighted by molar-refractivity contribution is 0.467. The van der Waals surface area contributed by atoms with Crippen LogP contribution in [-0.4, -0.2) is 5.11 Å². The molecule has 26 heavy (non-hydrogen) atoms. The van der Waals surface area contributed by atoms with Crippen LogP contribution in [-0.2, 0) is 12.8 Å². The highest BCUT2D eigenvalue weighted by Gasteiger charge is 2.06. The summed E-state index contributed by atoms with van der Waals surface area (Å²) in [5.74, 6) is 3.09. The first-order valence-corrected chi connectivity index (χ1v) is 8.13. The Hall–Kier alpha value is -3.41. The molecule has 0 spiro atoms. The Morgan fingerprint density at radius 1 is 1.04 bits per heavy atom. The lowest BCUT2D eigenvalue weighted by Crippen LogP contribution is -1.96. The molecule has 2 aromatic rings. The Kier molecular flexibility index (Phi) is 10.4. The number of phenols is 1. The maximum atomic E-state index is 9.99. The summed E-state index contributed by atoms with van der Waals surface area (Å²) in [5.41, 5.74) is 6.69. The van der Waals surface area contributed by atoms with Crippen LogP contribution in [0.2, 0.25) is 0 Å². The fourth-order valence-corrected chi connectivity index (χ4v) is 2.57. The summed E-state index contributed by atoms with van der Waals surface area (Å²) in [6.07, 6.45) is 15.2. The predicted octanol–water partition coefficient (Wildman–Crippen LogP) is 5.30. The highest BCUT2D eigenvalue weighted by molar-refractivity contribution is 5.70. The van der Waals surface area contributed by atoms with Gasteiger partial charge in [0.1, 0.15) is 5.75 Å². The van der Waals surface area contributed by atoms with Gasteiger partial charge in [-0.25, -0.2) is 5.26 Å². The van der Waals surface area contributed by atoms with Crippen molar-refractivity contribution in [2.75, 3.05) is 0 Å². The lowest BCUT2D eigenvalue weighted by Gasteiger charge is -2.10. The number of terminal acetylenes is 2. The molecular weight excluding hydrogens is 318 g/mol. The van der Waals surface area contributed by atoms with Crippen molar-refractivity contribution >= 4 is 5.57 Å². The van der Waals surface area contributed by atoms with Crippen molar-refractivity contribution in [1.29, 1.82) is 5.26 Å². The Morgan fingerprint density at radius 3 is 2.23 bits per heavy atom. The minimum atomic E-state index is 0.385. The third-order valence-corrected chi connectivity index (χ3v) is 4.19. The second-order valence-corrected chi connectivity index (χ2v) is 5.67. The zero-order chi connectivity index (χ0) is 20.1. The predicted molar refractivity (Wildman–Crippen MR) is 110 cm³/mol. The van der Waals surface area contributed by atoms with E-state index in [-0.39, 0.29) is 0 Å². The second-order valence-electron chi connectivity index (χ2n) is 5.67. The van der Waals surface area contributed by atoms with Gasteiger partial charge < -0.3 is 5.11 Å². The van der Waals surface area contributed by atoms with Gasteiger partial charge in [-0.15, -0.1) is 19.3 Å². The quantitative estimate of drug-likeness (QED) is 0.765. The zero-order valence-electron chi connectivity index (χ0n) is 15.7. The molecule has 1 N–H and O–H groups in total. The topological polar surface area (TPSA) is 44.0 Å². The van der Waals surface area contributed by atoms with Crippen LogP contribution in [0.15, 0.2) is 48.0 Å². The van der Waals surface area contributed by atoms with E-state index >= 15 is 0 Å².